The summed E-state index contributed by atoms with van der Waals surface area (Å²) < 4.78 is 5.07. The summed E-state index contributed by atoms with van der Waals surface area (Å²) in [7, 11) is 0. The van der Waals surface area contributed by atoms with Gasteiger partial charge in [-0.25, -0.2) is 4.79 Å². The summed E-state index contributed by atoms with van der Waals surface area (Å²) in [6.45, 7) is 0.443. The van der Waals surface area contributed by atoms with Crippen LogP contribution in [0.4, 0.5) is 11.4 Å². The Kier molecular flexibility index (Phi) is 3.99. The van der Waals surface area contributed by atoms with Crippen LogP contribution in [0.1, 0.15) is 5.56 Å². The molecule has 0 saturated heterocycles. The Balaban J connectivity index is 1.97. The highest BCUT2D eigenvalue weighted by Crippen LogP contribution is 2.26. The number of hydrogen-bond donors (Lipinski definition) is 1. The van der Waals surface area contributed by atoms with Gasteiger partial charge in [0.25, 0.3) is 5.69 Å². The van der Waals surface area contributed by atoms with Crippen LogP contribution < -0.4 is 10.9 Å². The molecule has 0 radical (unpaired) electrons. The summed E-state index contributed by atoms with van der Waals surface area (Å²) >= 11 is 5.84. The summed E-state index contributed by atoms with van der Waals surface area (Å²) in [6, 6.07) is 12.6. The monoisotopic (exact) mass is 330 g/mol. The van der Waals surface area contributed by atoms with E-state index >= 15 is 0 Å². The molecule has 0 aliphatic carbocycles. The SMILES string of the molecule is O=c1cc(NCc2ccc(Cl)cc2)c2cc([N+](=O)[O-])ccc2o1. The van der Waals surface area contributed by atoms with Gasteiger partial charge < -0.3 is 9.73 Å². The van der Waals surface area contributed by atoms with Gasteiger partial charge in [-0.15, -0.1) is 0 Å². The molecule has 0 fully saturated rings. The molecule has 0 aliphatic rings. The number of anilines is 1. The molecule has 0 amide bonds. The van der Waals surface area contributed by atoms with E-state index in [0.29, 0.717) is 28.2 Å². The van der Waals surface area contributed by atoms with Crippen LogP contribution in [0, 0.1) is 10.1 Å². The van der Waals surface area contributed by atoms with Gasteiger partial charge in [-0.2, -0.15) is 0 Å². The van der Waals surface area contributed by atoms with E-state index in [1.165, 1.54) is 24.3 Å². The molecular weight excluding hydrogens is 320 g/mol. The lowest BCUT2D eigenvalue weighted by atomic mass is 10.1. The van der Waals surface area contributed by atoms with Crippen LogP contribution in [0.3, 0.4) is 0 Å². The number of benzene rings is 2. The number of halogens is 1. The lowest BCUT2D eigenvalue weighted by molar-refractivity contribution is -0.384. The normalized spacial score (nSPS) is 10.7. The van der Waals surface area contributed by atoms with Crippen molar-refractivity contribution in [1.29, 1.82) is 0 Å². The van der Waals surface area contributed by atoms with Crippen molar-refractivity contribution < 1.29 is 9.34 Å². The van der Waals surface area contributed by atoms with Crippen molar-refractivity contribution >= 4 is 33.9 Å². The van der Waals surface area contributed by atoms with Gasteiger partial charge in [-0.3, -0.25) is 10.1 Å². The quantitative estimate of drug-likeness (QED) is 0.444. The van der Waals surface area contributed by atoms with E-state index < -0.39 is 10.5 Å². The van der Waals surface area contributed by atoms with E-state index in [1.54, 1.807) is 12.1 Å². The maximum absolute atomic E-state index is 11.6. The molecule has 7 heteroatoms. The maximum Gasteiger partial charge on any atom is 0.338 e. The molecule has 3 aromatic rings. The van der Waals surface area contributed by atoms with Crippen LogP contribution >= 0.6 is 11.6 Å². The number of non-ortho nitro benzene ring substituents is 1. The van der Waals surface area contributed by atoms with Crippen LogP contribution in [0.25, 0.3) is 11.0 Å². The first-order chi connectivity index (χ1) is 11.0. The van der Waals surface area contributed by atoms with E-state index in [1.807, 2.05) is 12.1 Å². The third-order valence-electron chi connectivity index (χ3n) is 3.33. The molecule has 116 valence electrons. The summed E-state index contributed by atoms with van der Waals surface area (Å²) in [5.74, 6) is 0. The fourth-order valence-electron chi connectivity index (χ4n) is 2.21. The van der Waals surface area contributed by atoms with Gasteiger partial charge in [-0.1, -0.05) is 23.7 Å². The zero-order chi connectivity index (χ0) is 16.4. The molecule has 0 unspecified atom stereocenters. The van der Waals surface area contributed by atoms with Crippen molar-refractivity contribution in [2.24, 2.45) is 0 Å². The molecule has 0 saturated carbocycles. The van der Waals surface area contributed by atoms with E-state index in [-0.39, 0.29) is 5.69 Å². The summed E-state index contributed by atoms with van der Waals surface area (Å²) in [6.07, 6.45) is 0. The Bertz CT molecular complexity index is 935. The summed E-state index contributed by atoms with van der Waals surface area (Å²) in [5.41, 5.74) is 1.14. The standard InChI is InChI=1S/C16H11ClN2O4/c17-11-3-1-10(2-4-11)9-18-14-8-16(20)23-15-6-5-12(19(21)22)7-13(14)15/h1-8,18H,9H2. The minimum absolute atomic E-state index is 0.0686. The first-order valence-corrected chi connectivity index (χ1v) is 7.11. The molecule has 1 heterocycles. The van der Waals surface area contributed by atoms with Crippen LogP contribution in [0.15, 0.2) is 57.7 Å². The zero-order valence-corrected chi connectivity index (χ0v) is 12.5. The Morgan fingerprint density at radius 3 is 2.57 bits per heavy atom. The molecule has 1 N–H and O–H groups in total. The first kappa shape index (κ1) is 15.1. The third-order valence-corrected chi connectivity index (χ3v) is 3.59. The fourth-order valence-corrected chi connectivity index (χ4v) is 2.34. The Labute approximate surface area is 135 Å². The van der Waals surface area contributed by atoms with Crippen molar-refractivity contribution in [3.63, 3.8) is 0 Å². The summed E-state index contributed by atoms with van der Waals surface area (Å²) in [5, 5.41) is 15.1. The van der Waals surface area contributed by atoms with Gasteiger partial charge in [0.2, 0.25) is 0 Å². The molecule has 0 aliphatic heterocycles. The molecular formula is C16H11ClN2O4. The minimum atomic E-state index is -0.523. The number of nitrogens with one attached hydrogen (secondary N) is 1. The number of rotatable bonds is 4. The van der Waals surface area contributed by atoms with Crippen LogP contribution in [0.5, 0.6) is 0 Å². The Hall–Kier alpha value is -2.86. The van der Waals surface area contributed by atoms with Crippen LogP contribution in [-0.2, 0) is 6.54 Å². The maximum atomic E-state index is 11.6. The predicted octanol–water partition coefficient (Wildman–Crippen LogP) is 3.97. The highest BCUT2D eigenvalue weighted by atomic mass is 35.5. The van der Waals surface area contributed by atoms with Crippen LogP contribution in [-0.4, -0.2) is 4.92 Å². The number of nitro groups is 1. The summed E-state index contributed by atoms with van der Waals surface area (Å²) in [4.78, 5) is 22.0. The molecule has 2 aromatic carbocycles. The van der Waals surface area contributed by atoms with E-state index in [0.717, 1.165) is 5.56 Å². The van der Waals surface area contributed by atoms with E-state index in [2.05, 4.69) is 5.32 Å². The Morgan fingerprint density at radius 2 is 1.87 bits per heavy atom. The molecule has 23 heavy (non-hydrogen) atoms. The second-order valence-electron chi connectivity index (χ2n) is 4.90. The average Bonchev–Trinajstić information content (AvgIpc) is 2.53. The molecule has 6 nitrogen and oxygen atoms in total. The van der Waals surface area contributed by atoms with Gasteiger partial charge >= 0.3 is 5.63 Å². The van der Waals surface area contributed by atoms with Crippen molar-refractivity contribution in [2.75, 3.05) is 5.32 Å². The topological polar surface area (TPSA) is 85.4 Å². The van der Waals surface area contributed by atoms with Crippen molar-refractivity contribution in [2.45, 2.75) is 6.54 Å². The minimum Gasteiger partial charge on any atom is -0.423 e. The number of hydrogen-bond acceptors (Lipinski definition) is 5. The van der Waals surface area contributed by atoms with Gasteiger partial charge in [0.1, 0.15) is 5.58 Å². The van der Waals surface area contributed by atoms with Gasteiger partial charge in [0.15, 0.2) is 0 Å². The smallest absolute Gasteiger partial charge is 0.338 e. The number of fused-ring (bicyclic) bond motifs is 1. The Morgan fingerprint density at radius 1 is 1.13 bits per heavy atom. The second kappa shape index (κ2) is 6.10. The van der Waals surface area contributed by atoms with Crippen LogP contribution in [0.2, 0.25) is 5.02 Å². The molecule has 1 aromatic heterocycles. The molecule has 0 bridgehead atoms. The predicted molar refractivity (Wildman–Crippen MR) is 87.9 cm³/mol. The zero-order valence-electron chi connectivity index (χ0n) is 11.8. The van der Waals surface area contributed by atoms with Gasteiger partial charge in [0, 0.05) is 35.2 Å². The lowest BCUT2D eigenvalue weighted by Crippen LogP contribution is -2.05. The molecule has 3 rings (SSSR count). The number of nitrogens with zero attached hydrogens (tertiary/aromatic N) is 1. The molecule has 0 atom stereocenters. The third kappa shape index (κ3) is 3.32. The largest absolute Gasteiger partial charge is 0.423 e. The number of nitro benzene ring substituents is 1. The van der Waals surface area contributed by atoms with Gasteiger partial charge in [0.05, 0.1) is 10.6 Å². The molecule has 0 spiro atoms. The van der Waals surface area contributed by atoms with E-state index in [9.17, 15) is 14.9 Å². The highest BCUT2D eigenvalue weighted by Gasteiger charge is 2.11. The second-order valence-corrected chi connectivity index (χ2v) is 5.33. The van der Waals surface area contributed by atoms with E-state index in [4.69, 9.17) is 16.0 Å². The fraction of sp³-hybridized carbons (Fsp3) is 0.0625. The van der Waals surface area contributed by atoms with Crippen molar-refractivity contribution in [3.05, 3.63) is 79.7 Å². The lowest BCUT2D eigenvalue weighted by Gasteiger charge is -2.09. The van der Waals surface area contributed by atoms with Crippen molar-refractivity contribution in [1.82, 2.24) is 0 Å². The first-order valence-electron chi connectivity index (χ1n) is 6.73. The van der Waals surface area contributed by atoms with Gasteiger partial charge in [-0.05, 0) is 23.8 Å². The highest BCUT2D eigenvalue weighted by molar-refractivity contribution is 6.30. The van der Waals surface area contributed by atoms with Crippen molar-refractivity contribution in [3.8, 4) is 0 Å². The average molecular weight is 331 g/mol.